The summed E-state index contributed by atoms with van der Waals surface area (Å²) in [5.74, 6) is -0.726. The van der Waals surface area contributed by atoms with E-state index in [4.69, 9.17) is 23.1 Å². The Morgan fingerprint density at radius 2 is 1.79 bits per heavy atom. The summed E-state index contributed by atoms with van der Waals surface area (Å²) in [7, 11) is 0. The van der Waals surface area contributed by atoms with Crippen molar-refractivity contribution in [2.24, 2.45) is 5.73 Å². The van der Waals surface area contributed by atoms with Crippen LogP contribution in [-0.4, -0.2) is 23.3 Å². The highest BCUT2D eigenvalue weighted by molar-refractivity contribution is 6.33. The van der Waals surface area contributed by atoms with Crippen LogP contribution >= 0.6 is 11.6 Å². The number of halogens is 1. The van der Waals surface area contributed by atoms with E-state index >= 15 is 0 Å². The predicted molar refractivity (Wildman–Crippen MR) is 112 cm³/mol. The normalized spacial score (nSPS) is 13.0. The van der Waals surface area contributed by atoms with Crippen LogP contribution in [0, 0.1) is 0 Å². The third kappa shape index (κ3) is 3.00. The molecular weight excluding hydrogens is 374 g/mol. The first kappa shape index (κ1) is 18.1. The van der Waals surface area contributed by atoms with Crippen molar-refractivity contribution in [2.45, 2.75) is 6.54 Å². The summed E-state index contributed by atoms with van der Waals surface area (Å²) in [6, 6.07) is 15.4. The molecule has 0 aromatic heterocycles. The second-order valence-electron chi connectivity index (χ2n) is 6.89. The summed E-state index contributed by atoms with van der Waals surface area (Å²) in [5.41, 5.74) is 15.3. The second-order valence-corrected chi connectivity index (χ2v) is 7.30. The lowest BCUT2D eigenvalue weighted by Crippen LogP contribution is -2.30. The van der Waals surface area contributed by atoms with E-state index in [-0.39, 0.29) is 18.0 Å². The molecule has 4 rings (SSSR count). The van der Waals surface area contributed by atoms with Gasteiger partial charge < -0.3 is 16.4 Å². The zero-order valence-electron chi connectivity index (χ0n) is 15.0. The molecule has 5 nitrogen and oxygen atoms in total. The molecular formula is C22H18ClN3O2. The number of rotatable bonds is 4. The number of hydrogen-bond donors (Lipinski definition) is 2. The Hall–Kier alpha value is -3.31. The maximum Gasteiger partial charge on any atom is 0.254 e. The Kier molecular flexibility index (Phi) is 4.32. The van der Waals surface area contributed by atoms with Crippen molar-refractivity contribution in [3.8, 4) is 11.1 Å². The number of anilines is 1. The van der Waals surface area contributed by atoms with Gasteiger partial charge in [-0.2, -0.15) is 0 Å². The SMILES string of the molecule is C=C(CN1Cc2c(ccc3ccc(-c4ccc(N)c(Cl)c4)cc23)C1=O)C(N)=O. The van der Waals surface area contributed by atoms with Gasteiger partial charge in [-0.1, -0.05) is 42.4 Å². The second kappa shape index (κ2) is 6.69. The van der Waals surface area contributed by atoms with E-state index in [0.29, 0.717) is 22.8 Å². The number of hydrogen-bond acceptors (Lipinski definition) is 3. The third-order valence-corrected chi connectivity index (χ3v) is 5.39. The average Bonchev–Trinajstić information content (AvgIpc) is 2.99. The van der Waals surface area contributed by atoms with Crippen LogP contribution in [0.25, 0.3) is 21.9 Å². The Bertz CT molecular complexity index is 1170. The molecule has 3 aromatic rings. The van der Waals surface area contributed by atoms with Gasteiger partial charge in [-0.3, -0.25) is 9.59 Å². The van der Waals surface area contributed by atoms with Crippen molar-refractivity contribution in [2.75, 3.05) is 12.3 Å². The first-order valence-corrected chi connectivity index (χ1v) is 9.11. The minimum absolute atomic E-state index is 0.123. The van der Waals surface area contributed by atoms with Crippen LogP contribution in [0.3, 0.4) is 0 Å². The van der Waals surface area contributed by atoms with E-state index in [1.165, 1.54) is 0 Å². The molecule has 0 spiro atoms. The number of amides is 2. The highest BCUT2D eigenvalue weighted by Gasteiger charge is 2.29. The fraction of sp³-hybridized carbons (Fsp3) is 0.0909. The number of primary amides is 1. The predicted octanol–water partition coefficient (Wildman–Crippen LogP) is 3.74. The smallest absolute Gasteiger partial charge is 0.254 e. The first-order chi connectivity index (χ1) is 13.3. The van der Waals surface area contributed by atoms with E-state index in [1.807, 2.05) is 36.4 Å². The van der Waals surface area contributed by atoms with Crippen molar-refractivity contribution < 1.29 is 9.59 Å². The minimum atomic E-state index is -0.601. The zero-order valence-corrected chi connectivity index (χ0v) is 15.8. The van der Waals surface area contributed by atoms with E-state index < -0.39 is 5.91 Å². The molecule has 0 radical (unpaired) electrons. The van der Waals surface area contributed by atoms with Crippen LogP contribution in [0.1, 0.15) is 15.9 Å². The largest absolute Gasteiger partial charge is 0.398 e. The molecule has 0 atom stereocenters. The number of nitrogens with zero attached hydrogens (tertiary/aromatic N) is 1. The lowest BCUT2D eigenvalue weighted by Gasteiger charge is -2.15. The third-order valence-electron chi connectivity index (χ3n) is 5.06. The quantitative estimate of drug-likeness (QED) is 0.524. The topological polar surface area (TPSA) is 89.4 Å². The van der Waals surface area contributed by atoms with Gasteiger partial charge in [0.15, 0.2) is 0 Å². The molecule has 1 heterocycles. The van der Waals surface area contributed by atoms with Crippen LogP contribution in [-0.2, 0) is 11.3 Å². The number of nitrogen functional groups attached to an aromatic ring is 1. The molecule has 6 heteroatoms. The summed E-state index contributed by atoms with van der Waals surface area (Å²) in [6.07, 6.45) is 0. The fourth-order valence-corrected chi connectivity index (χ4v) is 3.69. The van der Waals surface area contributed by atoms with Gasteiger partial charge in [-0.15, -0.1) is 0 Å². The first-order valence-electron chi connectivity index (χ1n) is 8.73. The molecule has 4 N–H and O–H groups in total. The van der Waals surface area contributed by atoms with E-state index in [0.717, 1.165) is 27.5 Å². The summed E-state index contributed by atoms with van der Waals surface area (Å²) in [6.45, 7) is 4.18. The van der Waals surface area contributed by atoms with Crippen LogP contribution < -0.4 is 11.5 Å². The summed E-state index contributed by atoms with van der Waals surface area (Å²) in [5, 5.41) is 2.53. The summed E-state index contributed by atoms with van der Waals surface area (Å²) in [4.78, 5) is 25.6. The Balaban J connectivity index is 1.77. The van der Waals surface area contributed by atoms with Crippen LogP contribution in [0.4, 0.5) is 5.69 Å². The average molecular weight is 392 g/mol. The maximum atomic E-state index is 12.7. The van der Waals surface area contributed by atoms with Crippen LogP contribution in [0.15, 0.2) is 60.7 Å². The molecule has 28 heavy (non-hydrogen) atoms. The zero-order chi connectivity index (χ0) is 20.0. The van der Waals surface area contributed by atoms with Gasteiger partial charge >= 0.3 is 0 Å². The standard InChI is InChI=1S/C22H18ClN3O2/c1-12(21(25)27)10-26-11-18-16(22(26)28)6-4-13-2-3-14(8-17(13)18)15-5-7-20(24)19(23)9-15/h2-9H,1,10-11,24H2,(H2,25,27). The van der Waals surface area contributed by atoms with Gasteiger partial charge in [0.1, 0.15) is 0 Å². The van der Waals surface area contributed by atoms with Crippen molar-refractivity contribution >= 4 is 39.9 Å². The molecule has 3 aromatic carbocycles. The number of fused-ring (bicyclic) bond motifs is 3. The highest BCUT2D eigenvalue weighted by atomic mass is 35.5. The molecule has 0 saturated heterocycles. The fourth-order valence-electron chi connectivity index (χ4n) is 3.51. The van der Waals surface area contributed by atoms with Crippen molar-refractivity contribution in [1.29, 1.82) is 0 Å². The molecule has 0 unspecified atom stereocenters. The lowest BCUT2D eigenvalue weighted by molar-refractivity contribution is -0.114. The summed E-state index contributed by atoms with van der Waals surface area (Å²) >= 11 is 6.17. The van der Waals surface area contributed by atoms with E-state index in [1.54, 1.807) is 11.0 Å². The monoisotopic (exact) mass is 391 g/mol. The maximum absolute atomic E-state index is 12.7. The number of carbonyl (C=O) groups excluding carboxylic acids is 2. The molecule has 0 saturated carbocycles. The number of carbonyl (C=O) groups is 2. The van der Waals surface area contributed by atoms with Crippen molar-refractivity contribution in [1.82, 2.24) is 4.90 Å². The highest BCUT2D eigenvalue weighted by Crippen LogP contribution is 2.34. The number of benzene rings is 3. The molecule has 1 aliphatic rings. The Morgan fingerprint density at radius 1 is 1.11 bits per heavy atom. The van der Waals surface area contributed by atoms with E-state index in [2.05, 4.69) is 12.6 Å². The number of nitrogens with two attached hydrogens (primary N) is 2. The van der Waals surface area contributed by atoms with Crippen molar-refractivity contribution in [3.05, 3.63) is 76.8 Å². The molecule has 0 bridgehead atoms. The molecule has 2 amide bonds. The van der Waals surface area contributed by atoms with E-state index in [9.17, 15) is 9.59 Å². The minimum Gasteiger partial charge on any atom is -0.398 e. The lowest BCUT2D eigenvalue weighted by atomic mass is 9.96. The molecule has 1 aliphatic heterocycles. The molecule has 0 fully saturated rings. The van der Waals surface area contributed by atoms with Gasteiger partial charge in [-0.25, -0.2) is 0 Å². The summed E-state index contributed by atoms with van der Waals surface area (Å²) < 4.78 is 0. The molecule has 140 valence electrons. The van der Waals surface area contributed by atoms with Crippen molar-refractivity contribution in [3.63, 3.8) is 0 Å². The van der Waals surface area contributed by atoms with Crippen LogP contribution in [0.5, 0.6) is 0 Å². The Labute approximate surface area is 167 Å². The molecule has 0 aliphatic carbocycles. The van der Waals surface area contributed by atoms with Gasteiger partial charge in [0.25, 0.3) is 5.91 Å². The van der Waals surface area contributed by atoms with Gasteiger partial charge in [0.2, 0.25) is 5.91 Å². The van der Waals surface area contributed by atoms with Gasteiger partial charge in [-0.05, 0) is 51.7 Å². The van der Waals surface area contributed by atoms with Gasteiger partial charge in [0.05, 0.1) is 17.3 Å². The van der Waals surface area contributed by atoms with Gasteiger partial charge in [0, 0.05) is 17.7 Å². The van der Waals surface area contributed by atoms with Crippen LogP contribution in [0.2, 0.25) is 5.02 Å². The Morgan fingerprint density at radius 3 is 2.50 bits per heavy atom.